The van der Waals surface area contributed by atoms with Gasteiger partial charge in [0.25, 0.3) is 5.91 Å². The van der Waals surface area contributed by atoms with Gasteiger partial charge in [0.15, 0.2) is 5.76 Å². The van der Waals surface area contributed by atoms with E-state index in [0.29, 0.717) is 35.7 Å². The average molecular weight is 378 g/mol. The number of rotatable bonds is 7. The highest BCUT2D eigenvalue weighted by Crippen LogP contribution is 2.28. The number of ether oxygens (including phenoxy) is 1. The highest BCUT2D eigenvalue weighted by Gasteiger charge is 2.16. The number of hydrogen-bond donors (Lipinski definition) is 1. The molecular weight excluding hydrogens is 356 g/mol. The summed E-state index contributed by atoms with van der Waals surface area (Å²) < 4.78 is 10.5. The minimum absolute atomic E-state index is 0.240. The molecule has 1 heterocycles. The molecular formula is C22H22N2O4. The van der Waals surface area contributed by atoms with E-state index < -0.39 is 0 Å². The number of methoxy groups -OCH3 is 1. The Hall–Kier alpha value is -3.41. The van der Waals surface area contributed by atoms with E-state index in [1.165, 1.54) is 7.11 Å². The van der Waals surface area contributed by atoms with Gasteiger partial charge in [0.1, 0.15) is 0 Å². The predicted octanol–water partition coefficient (Wildman–Crippen LogP) is 4.00. The summed E-state index contributed by atoms with van der Waals surface area (Å²) in [6, 6.07) is 15.1. The van der Waals surface area contributed by atoms with Gasteiger partial charge in [-0.15, -0.1) is 0 Å². The number of hydrogen-bond acceptors (Lipinski definition) is 5. The molecule has 6 nitrogen and oxygen atoms in total. The highest BCUT2D eigenvalue weighted by atomic mass is 16.5. The van der Waals surface area contributed by atoms with Crippen LogP contribution in [0.3, 0.4) is 0 Å². The second-order valence-electron chi connectivity index (χ2n) is 6.38. The molecule has 144 valence electrons. The molecule has 0 saturated carbocycles. The van der Waals surface area contributed by atoms with Crippen LogP contribution in [0.4, 0.5) is 0 Å². The summed E-state index contributed by atoms with van der Waals surface area (Å²) in [4.78, 5) is 28.1. The molecule has 28 heavy (non-hydrogen) atoms. The summed E-state index contributed by atoms with van der Waals surface area (Å²) in [5.41, 5.74) is 3.18. The van der Waals surface area contributed by atoms with Crippen molar-refractivity contribution in [2.75, 3.05) is 13.7 Å². The standard InChI is InChI=1S/C22H22N2O4/c1-15-9-11-16(12-10-15)19-14-24-22(28-19)18-7-4-3-6-17(18)21(26)23-13-5-8-20(25)27-2/h3-4,6-7,9-12,14H,5,8,13H2,1-2H3,(H,23,26). The maximum absolute atomic E-state index is 12.6. The summed E-state index contributed by atoms with van der Waals surface area (Å²) >= 11 is 0. The molecule has 6 heteroatoms. The predicted molar refractivity (Wildman–Crippen MR) is 106 cm³/mol. The van der Waals surface area contributed by atoms with Crippen molar-refractivity contribution < 1.29 is 18.7 Å². The third-order valence-corrected chi connectivity index (χ3v) is 4.31. The number of esters is 1. The van der Waals surface area contributed by atoms with Crippen molar-refractivity contribution in [1.82, 2.24) is 10.3 Å². The molecule has 0 aliphatic carbocycles. The Balaban J connectivity index is 1.74. The van der Waals surface area contributed by atoms with Gasteiger partial charge in [-0.2, -0.15) is 0 Å². The van der Waals surface area contributed by atoms with Crippen LogP contribution in [0.5, 0.6) is 0 Å². The van der Waals surface area contributed by atoms with Gasteiger partial charge in [-0.3, -0.25) is 9.59 Å². The molecule has 3 rings (SSSR count). The van der Waals surface area contributed by atoms with Crippen LogP contribution in [0.25, 0.3) is 22.8 Å². The average Bonchev–Trinajstić information content (AvgIpc) is 3.21. The fourth-order valence-electron chi connectivity index (χ4n) is 2.75. The molecule has 0 aliphatic heterocycles. The van der Waals surface area contributed by atoms with Crippen molar-refractivity contribution in [2.45, 2.75) is 19.8 Å². The molecule has 0 unspecified atom stereocenters. The molecule has 1 aromatic heterocycles. The number of carbonyl (C=O) groups is 2. The minimum Gasteiger partial charge on any atom is -0.469 e. The Morgan fingerprint density at radius 1 is 1.11 bits per heavy atom. The van der Waals surface area contributed by atoms with Crippen molar-refractivity contribution in [3.8, 4) is 22.8 Å². The van der Waals surface area contributed by atoms with E-state index in [-0.39, 0.29) is 18.3 Å². The van der Waals surface area contributed by atoms with Crippen LogP contribution in [0.15, 0.2) is 59.1 Å². The topological polar surface area (TPSA) is 81.4 Å². The van der Waals surface area contributed by atoms with Crippen LogP contribution >= 0.6 is 0 Å². The van der Waals surface area contributed by atoms with Crippen LogP contribution in [0, 0.1) is 6.92 Å². The smallest absolute Gasteiger partial charge is 0.305 e. The van der Waals surface area contributed by atoms with Crippen LogP contribution in [0.2, 0.25) is 0 Å². The first kappa shape index (κ1) is 19.4. The van der Waals surface area contributed by atoms with Gasteiger partial charge >= 0.3 is 5.97 Å². The van der Waals surface area contributed by atoms with Crippen LogP contribution < -0.4 is 5.32 Å². The molecule has 0 spiro atoms. The Kier molecular flexibility index (Phi) is 6.22. The second-order valence-corrected chi connectivity index (χ2v) is 6.38. The fraction of sp³-hybridized carbons (Fsp3) is 0.227. The molecule has 1 N–H and O–H groups in total. The number of benzene rings is 2. The zero-order valence-electron chi connectivity index (χ0n) is 15.9. The molecule has 0 fully saturated rings. The molecule has 0 radical (unpaired) electrons. The quantitative estimate of drug-likeness (QED) is 0.496. The summed E-state index contributed by atoms with van der Waals surface area (Å²) in [7, 11) is 1.35. The zero-order chi connectivity index (χ0) is 19.9. The molecule has 3 aromatic rings. The maximum atomic E-state index is 12.6. The van der Waals surface area contributed by atoms with E-state index in [1.54, 1.807) is 24.4 Å². The van der Waals surface area contributed by atoms with Crippen LogP contribution in [0.1, 0.15) is 28.8 Å². The lowest BCUT2D eigenvalue weighted by Gasteiger charge is -2.08. The monoisotopic (exact) mass is 378 g/mol. The van der Waals surface area contributed by atoms with Gasteiger partial charge < -0.3 is 14.5 Å². The van der Waals surface area contributed by atoms with Gasteiger partial charge in [0.05, 0.1) is 18.9 Å². The van der Waals surface area contributed by atoms with Crippen molar-refractivity contribution >= 4 is 11.9 Å². The number of nitrogens with zero attached hydrogens (tertiary/aromatic N) is 1. The summed E-state index contributed by atoms with van der Waals surface area (Å²) in [5, 5.41) is 2.82. The number of aromatic nitrogens is 1. The zero-order valence-corrected chi connectivity index (χ0v) is 15.9. The number of aryl methyl sites for hydroxylation is 1. The molecule has 0 aliphatic rings. The minimum atomic E-state index is -0.293. The normalized spacial score (nSPS) is 10.5. The molecule has 1 amide bonds. The second kappa shape index (κ2) is 8.99. The lowest BCUT2D eigenvalue weighted by molar-refractivity contribution is -0.140. The Labute approximate surface area is 163 Å². The van der Waals surface area contributed by atoms with Crippen molar-refractivity contribution in [1.29, 1.82) is 0 Å². The number of nitrogens with one attached hydrogen (secondary N) is 1. The van der Waals surface area contributed by atoms with E-state index in [1.807, 2.05) is 37.3 Å². The van der Waals surface area contributed by atoms with Crippen LogP contribution in [-0.4, -0.2) is 30.5 Å². The van der Waals surface area contributed by atoms with E-state index in [0.717, 1.165) is 11.1 Å². The lowest BCUT2D eigenvalue weighted by Crippen LogP contribution is -2.25. The van der Waals surface area contributed by atoms with Gasteiger partial charge in [0, 0.05) is 24.1 Å². The van der Waals surface area contributed by atoms with E-state index in [2.05, 4.69) is 15.0 Å². The summed E-state index contributed by atoms with van der Waals surface area (Å²) in [6.07, 6.45) is 2.43. The van der Waals surface area contributed by atoms with E-state index in [4.69, 9.17) is 4.42 Å². The summed E-state index contributed by atoms with van der Waals surface area (Å²) in [5.74, 6) is 0.493. The van der Waals surface area contributed by atoms with Gasteiger partial charge in [-0.25, -0.2) is 4.98 Å². The highest BCUT2D eigenvalue weighted by molar-refractivity contribution is 6.00. The SMILES string of the molecule is COC(=O)CCCNC(=O)c1ccccc1-c1ncc(-c2ccc(C)cc2)o1. The first-order valence-corrected chi connectivity index (χ1v) is 9.06. The number of oxazole rings is 1. The Morgan fingerprint density at radius 3 is 2.61 bits per heavy atom. The first-order valence-electron chi connectivity index (χ1n) is 9.06. The third-order valence-electron chi connectivity index (χ3n) is 4.31. The Morgan fingerprint density at radius 2 is 1.86 bits per heavy atom. The summed E-state index contributed by atoms with van der Waals surface area (Å²) in [6.45, 7) is 2.40. The molecule has 2 aromatic carbocycles. The van der Waals surface area contributed by atoms with Gasteiger partial charge in [-0.05, 0) is 25.5 Å². The van der Waals surface area contributed by atoms with E-state index in [9.17, 15) is 9.59 Å². The fourth-order valence-corrected chi connectivity index (χ4v) is 2.75. The van der Waals surface area contributed by atoms with Crippen molar-refractivity contribution in [3.05, 3.63) is 65.9 Å². The van der Waals surface area contributed by atoms with Crippen molar-refractivity contribution in [2.24, 2.45) is 0 Å². The molecule has 0 atom stereocenters. The maximum Gasteiger partial charge on any atom is 0.305 e. The first-order chi connectivity index (χ1) is 13.6. The van der Waals surface area contributed by atoms with E-state index >= 15 is 0 Å². The Bertz CT molecular complexity index is 961. The van der Waals surface area contributed by atoms with Gasteiger partial charge in [0.2, 0.25) is 5.89 Å². The number of carbonyl (C=O) groups excluding carboxylic acids is 2. The molecule has 0 bridgehead atoms. The largest absolute Gasteiger partial charge is 0.469 e. The van der Waals surface area contributed by atoms with Gasteiger partial charge in [-0.1, -0.05) is 42.0 Å². The molecule has 0 saturated heterocycles. The third kappa shape index (κ3) is 4.65. The lowest BCUT2D eigenvalue weighted by atomic mass is 10.1. The van der Waals surface area contributed by atoms with Crippen LogP contribution in [-0.2, 0) is 9.53 Å². The number of amides is 1. The van der Waals surface area contributed by atoms with Crippen molar-refractivity contribution in [3.63, 3.8) is 0 Å².